The number of nitrogens with one attached hydrogen (secondary N) is 2. The number of rotatable bonds is 6. The van der Waals surface area contributed by atoms with Gasteiger partial charge in [-0.05, 0) is 58.2 Å². The molecule has 0 radical (unpaired) electrons. The molecule has 2 N–H and O–H groups in total. The second kappa shape index (κ2) is 7.25. The van der Waals surface area contributed by atoms with Crippen LogP contribution in [-0.2, 0) is 4.79 Å². The largest absolute Gasteiger partial charge is 0.325 e. The molecule has 0 fully saturated rings. The highest BCUT2D eigenvalue weighted by molar-refractivity contribution is 5.94. The molecule has 3 nitrogen and oxygen atoms in total. The van der Waals surface area contributed by atoms with E-state index >= 15 is 0 Å². The lowest BCUT2D eigenvalue weighted by Gasteiger charge is -2.14. The minimum atomic E-state index is -0.168. The summed E-state index contributed by atoms with van der Waals surface area (Å²) in [5, 5.41) is 6.22. The summed E-state index contributed by atoms with van der Waals surface area (Å²) in [6.45, 7) is 4.81. The number of carbonyl (C=O) groups excluding carboxylic acids is 1. The molecule has 20 heavy (non-hydrogen) atoms. The van der Waals surface area contributed by atoms with Crippen molar-refractivity contribution in [1.82, 2.24) is 5.32 Å². The van der Waals surface area contributed by atoms with Crippen LogP contribution >= 0.6 is 0 Å². The second-order valence-electron chi connectivity index (χ2n) is 5.54. The van der Waals surface area contributed by atoms with E-state index in [9.17, 15) is 4.79 Å². The van der Waals surface area contributed by atoms with Gasteiger partial charge in [0.25, 0.3) is 0 Å². The van der Waals surface area contributed by atoms with E-state index in [0.717, 1.165) is 18.7 Å². The lowest BCUT2D eigenvalue weighted by atomic mass is 10.1. The first-order valence-corrected chi connectivity index (χ1v) is 7.44. The van der Waals surface area contributed by atoms with Crippen molar-refractivity contribution in [3.63, 3.8) is 0 Å². The zero-order valence-corrected chi connectivity index (χ0v) is 12.4. The van der Waals surface area contributed by atoms with E-state index in [-0.39, 0.29) is 11.9 Å². The Hall–Kier alpha value is -1.61. The van der Waals surface area contributed by atoms with Crippen molar-refractivity contribution < 1.29 is 4.79 Å². The van der Waals surface area contributed by atoms with Crippen molar-refractivity contribution in [3.8, 4) is 0 Å². The van der Waals surface area contributed by atoms with E-state index in [0.29, 0.717) is 0 Å². The van der Waals surface area contributed by atoms with Crippen LogP contribution in [0.3, 0.4) is 0 Å². The first-order valence-electron chi connectivity index (χ1n) is 7.44. The quantitative estimate of drug-likeness (QED) is 0.779. The number of hydrogen-bond acceptors (Lipinski definition) is 2. The first kappa shape index (κ1) is 14.8. The number of amides is 1. The molecule has 0 aromatic heterocycles. The van der Waals surface area contributed by atoms with Crippen molar-refractivity contribution in [1.29, 1.82) is 0 Å². The van der Waals surface area contributed by atoms with Gasteiger partial charge in [0.2, 0.25) is 5.91 Å². The van der Waals surface area contributed by atoms with E-state index in [1.807, 2.05) is 38.1 Å². The molecule has 108 valence electrons. The Morgan fingerprint density at radius 3 is 2.70 bits per heavy atom. The molecule has 1 aromatic rings. The number of aryl methyl sites for hydroxylation is 1. The molecule has 1 amide bonds. The molecule has 1 aliphatic rings. The van der Waals surface area contributed by atoms with Gasteiger partial charge < -0.3 is 10.6 Å². The van der Waals surface area contributed by atoms with Crippen LogP contribution in [0.5, 0.6) is 0 Å². The standard InChI is InChI=1S/C17H24N2O/c1-13-7-9-16(10-8-13)19-17(20)14(2)18-12-11-15-5-3-4-6-15/h5,7-10,14,18H,3-4,6,11-12H2,1-2H3,(H,19,20). The maximum absolute atomic E-state index is 12.0. The molecule has 0 aliphatic heterocycles. The SMILES string of the molecule is Cc1ccc(NC(=O)C(C)NCCC2=CCCC2)cc1. The molecular formula is C17H24N2O. The monoisotopic (exact) mass is 272 g/mol. The van der Waals surface area contributed by atoms with Crippen molar-refractivity contribution >= 4 is 11.6 Å². The summed E-state index contributed by atoms with van der Waals surface area (Å²) in [5.74, 6) is 0.0225. The van der Waals surface area contributed by atoms with E-state index < -0.39 is 0 Å². The molecule has 1 unspecified atom stereocenters. The minimum absolute atomic E-state index is 0.0225. The van der Waals surface area contributed by atoms with E-state index in [4.69, 9.17) is 0 Å². The summed E-state index contributed by atoms with van der Waals surface area (Å²) in [5.41, 5.74) is 3.58. The topological polar surface area (TPSA) is 41.1 Å². The van der Waals surface area contributed by atoms with Gasteiger partial charge in [-0.2, -0.15) is 0 Å². The Morgan fingerprint density at radius 1 is 1.30 bits per heavy atom. The molecule has 2 rings (SSSR count). The maximum atomic E-state index is 12.0. The van der Waals surface area contributed by atoms with Crippen molar-refractivity contribution in [3.05, 3.63) is 41.5 Å². The van der Waals surface area contributed by atoms with Crippen molar-refractivity contribution in [2.45, 2.75) is 45.6 Å². The van der Waals surface area contributed by atoms with Gasteiger partial charge in [0, 0.05) is 5.69 Å². The fourth-order valence-corrected chi connectivity index (χ4v) is 2.39. The molecule has 0 saturated carbocycles. The fourth-order valence-electron chi connectivity index (χ4n) is 2.39. The molecule has 0 saturated heterocycles. The van der Waals surface area contributed by atoms with Crippen LogP contribution in [0.25, 0.3) is 0 Å². The van der Waals surface area contributed by atoms with Gasteiger partial charge in [-0.3, -0.25) is 4.79 Å². The highest BCUT2D eigenvalue weighted by atomic mass is 16.2. The smallest absolute Gasteiger partial charge is 0.241 e. The van der Waals surface area contributed by atoms with Crippen molar-refractivity contribution in [2.24, 2.45) is 0 Å². The summed E-state index contributed by atoms with van der Waals surface area (Å²) in [6, 6.07) is 7.70. The predicted molar refractivity (Wildman–Crippen MR) is 83.8 cm³/mol. The molecule has 1 aromatic carbocycles. The number of allylic oxidation sites excluding steroid dienone is 1. The summed E-state index contributed by atoms with van der Waals surface area (Å²) in [6.07, 6.45) is 7.13. The lowest BCUT2D eigenvalue weighted by molar-refractivity contribution is -0.117. The summed E-state index contributed by atoms with van der Waals surface area (Å²) >= 11 is 0. The van der Waals surface area contributed by atoms with Crippen LogP contribution in [0, 0.1) is 6.92 Å². The predicted octanol–water partition coefficient (Wildman–Crippen LogP) is 3.41. The third-order valence-electron chi connectivity index (χ3n) is 3.74. The fraction of sp³-hybridized carbons (Fsp3) is 0.471. The molecule has 0 spiro atoms. The zero-order chi connectivity index (χ0) is 14.4. The summed E-state index contributed by atoms with van der Waals surface area (Å²) in [4.78, 5) is 12.0. The highest BCUT2D eigenvalue weighted by Crippen LogP contribution is 2.19. The van der Waals surface area contributed by atoms with Gasteiger partial charge in [0.05, 0.1) is 6.04 Å². The Kier molecular flexibility index (Phi) is 5.36. The maximum Gasteiger partial charge on any atom is 0.241 e. The van der Waals surface area contributed by atoms with E-state index in [1.54, 1.807) is 0 Å². The highest BCUT2D eigenvalue weighted by Gasteiger charge is 2.12. The van der Waals surface area contributed by atoms with Crippen molar-refractivity contribution in [2.75, 3.05) is 11.9 Å². The van der Waals surface area contributed by atoms with Gasteiger partial charge in [-0.1, -0.05) is 29.3 Å². The lowest BCUT2D eigenvalue weighted by Crippen LogP contribution is -2.38. The second-order valence-corrected chi connectivity index (χ2v) is 5.54. The van der Waals surface area contributed by atoms with Crippen LogP contribution in [0.15, 0.2) is 35.9 Å². The van der Waals surface area contributed by atoms with Crippen LogP contribution in [-0.4, -0.2) is 18.5 Å². The Morgan fingerprint density at radius 2 is 2.05 bits per heavy atom. The summed E-state index contributed by atoms with van der Waals surface area (Å²) in [7, 11) is 0. The normalized spacial score (nSPS) is 15.8. The van der Waals surface area contributed by atoms with E-state index in [2.05, 4.69) is 16.7 Å². The Bertz CT molecular complexity index is 476. The van der Waals surface area contributed by atoms with Crippen LogP contribution in [0.4, 0.5) is 5.69 Å². The van der Waals surface area contributed by atoms with Gasteiger partial charge in [0.15, 0.2) is 0 Å². The molecule has 1 aliphatic carbocycles. The van der Waals surface area contributed by atoms with Gasteiger partial charge in [0.1, 0.15) is 0 Å². The first-order chi connectivity index (χ1) is 9.65. The van der Waals surface area contributed by atoms with Gasteiger partial charge >= 0.3 is 0 Å². The third kappa shape index (κ3) is 4.49. The number of benzene rings is 1. The van der Waals surface area contributed by atoms with Crippen LogP contribution < -0.4 is 10.6 Å². The Labute approximate surface area is 121 Å². The average molecular weight is 272 g/mol. The van der Waals surface area contributed by atoms with Gasteiger partial charge in [-0.15, -0.1) is 0 Å². The minimum Gasteiger partial charge on any atom is -0.325 e. The molecule has 3 heteroatoms. The zero-order valence-electron chi connectivity index (χ0n) is 12.4. The third-order valence-corrected chi connectivity index (χ3v) is 3.74. The molecule has 0 heterocycles. The number of hydrogen-bond donors (Lipinski definition) is 2. The van der Waals surface area contributed by atoms with Gasteiger partial charge in [-0.25, -0.2) is 0 Å². The molecule has 1 atom stereocenters. The van der Waals surface area contributed by atoms with Crippen LogP contribution in [0.1, 0.15) is 38.2 Å². The molecular weight excluding hydrogens is 248 g/mol. The number of anilines is 1. The molecule has 0 bridgehead atoms. The average Bonchev–Trinajstić information content (AvgIpc) is 2.94. The number of carbonyl (C=O) groups is 1. The van der Waals surface area contributed by atoms with Crippen LogP contribution in [0.2, 0.25) is 0 Å². The van der Waals surface area contributed by atoms with E-state index in [1.165, 1.54) is 30.4 Å². The summed E-state index contributed by atoms with van der Waals surface area (Å²) < 4.78 is 0. The Balaban J connectivity index is 1.72.